The van der Waals surface area contributed by atoms with Crippen LogP contribution in [0.4, 0.5) is 11.6 Å². The average Bonchev–Trinajstić information content (AvgIpc) is 3.20. The Labute approximate surface area is 120 Å². The van der Waals surface area contributed by atoms with Crippen molar-refractivity contribution >= 4 is 11.6 Å². The van der Waals surface area contributed by atoms with Gasteiger partial charge in [0.05, 0.1) is 5.60 Å². The molecule has 0 saturated heterocycles. The van der Waals surface area contributed by atoms with Gasteiger partial charge in [-0.15, -0.1) is 0 Å². The number of nitrogens with zero attached hydrogens (tertiary/aromatic N) is 2. The van der Waals surface area contributed by atoms with Crippen molar-refractivity contribution in [2.24, 2.45) is 5.92 Å². The van der Waals surface area contributed by atoms with Crippen molar-refractivity contribution in [1.82, 2.24) is 9.97 Å². The lowest BCUT2D eigenvalue weighted by atomic mass is 9.79. The summed E-state index contributed by atoms with van der Waals surface area (Å²) in [6.07, 6.45) is 6.35. The Balaban J connectivity index is 1.65. The van der Waals surface area contributed by atoms with Crippen molar-refractivity contribution in [3.63, 3.8) is 0 Å². The highest BCUT2D eigenvalue weighted by molar-refractivity contribution is 5.45. The molecule has 5 heteroatoms. The first-order chi connectivity index (χ1) is 9.54. The fourth-order valence-electron chi connectivity index (χ4n) is 3.15. The molecular weight excluding hydrogens is 252 g/mol. The van der Waals surface area contributed by atoms with Crippen LogP contribution in [0.15, 0.2) is 6.07 Å². The molecule has 1 heterocycles. The minimum absolute atomic E-state index is 0.483. The largest absolute Gasteiger partial charge is 0.388 e. The molecule has 2 saturated carbocycles. The van der Waals surface area contributed by atoms with Crippen molar-refractivity contribution in [3.05, 3.63) is 11.9 Å². The Morgan fingerprint density at radius 3 is 2.90 bits per heavy atom. The highest BCUT2D eigenvalue weighted by atomic mass is 16.3. The third kappa shape index (κ3) is 3.20. The van der Waals surface area contributed by atoms with Crippen molar-refractivity contribution in [1.29, 1.82) is 0 Å². The Morgan fingerprint density at radius 2 is 2.20 bits per heavy atom. The molecule has 110 valence electrons. The van der Waals surface area contributed by atoms with E-state index in [9.17, 15) is 5.11 Å². The van der Waals surface area contributed by atoms with Gasteiger partial charge in [-0.1, -0.05) is 19.8 Å². The van der Waals surface area contributed by atoms with Crippen LogP contribution in [0.1, 0.15) is 57.2 Å². The van der Waals surface area contributed by atoms with Crippen LogP contribution in [0.25, 0.3) is 0 Å². The van der Waals surface area contributed by atoms with Crippen molar-refractivity contribution < 1.29 is 5.11 Å². The molecular formula is C15H24N4O. The molecule has 0 bridgehead atoms. The van der Waals surface area contributed by atoms with Crippen LogP contribution in [0, 0.1) is 5.92 Å². The van der Waals surface area contributed by atoms with Gasteiger partial charge in [-0.3, -0.25) is 0 Å². The molecule has 0 spiro atoms. The SMILES string of the molecule is CC1CCCC(O)(CNc2cc(N)nc(C3CC3)n2)C1. The fraction of sp³-hybridized carbons (Fsp3) is 0.733. The van der Waals surface area contributed by atoms with Gasteiger partial charge in [-0.25, -0.2) is 9.97 Å². The van der Waals surface area contributed by atoms with Gasteiger partial charge in [0.1, 0.15) is 17.5 Å². The molecule has 0 aromatic carbocycles. The number of hydrogen-bond acceptors (Lipinski definition) is 5. The summed E-state index contributed by atoms with van der Waals surface area (Å²) in [5, 5.41) is 13.9. The second-order valence-electron chi connectivity index (χ2n) is 6.59. The Kier molecular flexibility index (Phi) is 3.54. The zero-order chi connectivity index (χ0) is 14.2. The van der Waals surface area contributed by atoms with Gasteiger partial charge < -0.3 is 16.2 Å². The lowest BCUT2D eigenvalue weighted by Crippen LogP contribution is -2.41. The maximum absolute atomic E-state index is 10.6. The van der Waals surface area contributed by atoms with E-state index in [0.29, 0.717) is 24.2 Å². The molecule has 5 nitrogen and oxygen atoms in total. The van der Waals surface area contributed by atoms with Crippen LogP contribution in [0.3, 0.4) is 0 Å². The van der Waals surface area contributed by atoms with Crippen LogP contribution < -0.4 is 11.1 Å². The van der Waals surface area contributed by atoms with Crippen LogP contribution >= 0.6 is 0 Å². The van der Waals surface area contributed by atoms with E-state index in [1.807, 2.05) is 0 Å². The average molecular weight is 276 g/mol. The first-order valence-corrected chi connectivity index (χ1v) is 7.65. The number of aliphatic hydroxyl groups is 1. The molecule has 2 aliphatic rings. The molecule has 4 N–H and O–H groups in total. The summed E-state index contributed by atoms with van der Waals surface area (Å²) in [7, 11) is 0. The first kappa shape index (κ1) is 13.6. The highest BCUT2D eigenvalue weighted by Gasteiger charge is 2.32. The molecule has 2 fully saturated rings. The third-order valence-electron chi connectivity index (χ3n) is 4.37. The van der Waals surface area contributed by atoms with E-state index in [2.05, 4.69) is 22.2 Å². The van der Waals surface area contributed by atoms with Crippen LogP contribution in [-0.4, -0.2) is 27.2 Å². The van der Waals surface area contributed by atoms with Gasteiger partial charge in [-0.05, 0) is 31.6 Å². The summed E-state index contributed by atoms with van der Waals surface area (Å²) in [5.74, 6) is 3.17. The number of aromatic nitrogens is 2. The number of nitrogens with one attached hydrogen (secondary N) is 1. The van der Waals surface area contributed by atoms with E-state index in [4.69, 9.17) is 5.73 Å². The normalized spacial score (nSPS) is 30.2. The molecule has 2 aliphatic carbocycles. The van der Waals surface area contributed by atoms with Crippen molar-refractivity contribution in [3.8, 4) is 0 Å². The minimum Gasteiger partial charge on any atom is -0.388 e. The van der Waals surface area contributed by atoms with E-state index >= 15 is 0 Å². The summed E-state index contributed by atoms with van der Waals surface area (Å²) < 4.78 is 0. The van der Waals surface area contributed by atoms with Gasteiger partial charge in [0.15, 0.2) is 0 Å². The summed E-state index contributed by atoms with van der Waals surface area (Å²) >= 11 is 0. The molecule has 0 aliphatic heterocycles. The van der Waals surface area contributed by atoms with Gasteiger partial charge in [0.2, 0.25) is 0 Å². The predicted molar refractivity (Wildman–Crippen MR) is 79.5 cm³/mol. The van der Waals surface area contributed by atoms with E-state index in [1.54, 1.807) is 6.07 Å². The fourth-order valence-corrected chi connectivity index (χ4v) is 3.15. The molecule has 3 rings (SSSR count). The molecule has 1 aromatic rings. The summed E-state index contributed by atoms with van der Waals surface area (Å²) in [4.78, 5) is 8.80. The van der Waals surface area contributed by atoms with Crippen LogP contribution in [0.2, 0.25) is 0 Å². The molecule has 0 amide bonds. The second-order valence-corrected chi connectivity index (χ2v) is 6.59. The number of nitrogen functional groups attached to an aromatic ring is 1. The highest BCUT2D eigenvalue weighted by Crippen LogP contribution is 2.38. The zero-order valence-corrected chi connectivity index (χ0v) is 12.1. The molecule has 2 atom stereocenters. The van der Waals surface area contributed by atoms with Crippen molar-refractivity contribution in [2.75, 3.05) is 17.6 Å². The molecule has 20 heavy (non-hydrogen) atoms. The smallest absolute Gasteiger partial charge is 0.136 e. The molecule has 2 unspecified atom stereocenters. The molecule has 1 aromatic heterocycles. The van der Waals surface area contributed by atoms with Gasteiger partial charge in [0.25, 0.3) is 0 Å². The lowest BCUT2D eigenvalue weighted by molar-refractivity contribution is -0.000831. The van der Waals surface area contributed by atoms with E-state index in [1.165, 1.54) is 6.42 Å². The number of rotatable bonds is 4. The second kappa shape index (κ2) is 5.20. The van der Waals surface area contributed by atoms with E-state index in [-0.39, 0.29) is 0 Å². The number of anilines is 2. The van der Waals surface area contributed by atoms with E-state index < -0.39 is 5.60 Å². The Hall–Kier alpha value is -1.36. The third-order valence-corrected chi connectivity index (χ3v) is 4.37. The number of nitrogens with two attached hydrogens (primary N) is 1. The predicted octanol–water partition coefficient (Wildman–Crippen LogP) is 2.29. The minimum atomic E-state index is -0.614. The maximum atomic E-state index is 10.6. The lowest BCUT2D eigenvalue weighted by Gasteiger charge is -2.35. The summed E-state index contributed by atoms with van der Waals surface area (Å²) in [5.41, 5.74) is 5.22. The quantitative estimate of drug-likeness (QED) is 0.785. The maximum Gasteiger partial charge on any atom is 0.136 e. The van der Waals surface area contributed by atoms with Crippen molar-refractivity contribution in [2.45, 2.75) is 57.0 Å². The molecule has 0 radical (unpaired) electrons. The standard InChI is InChI=1S/C15H24N4O/c1-10-3-2-6-15(20,8-10)9-17-13-7-12(16)18-14(19-13)11-4-5-11/h7,10-11,20H,2-6,8-9H2,1H3,(H3,16,17,18,19). The number of hydrogen-bond donors (Lipinski definition) is 3. The Morgan fingerprint density at radius 1 is 1.40 bits per heavy atom. The summed E-state index contributed by atoms with van der Waals surface area (Å²) in [6.45, 7) is 2.75. The van der Waals surface area contributed by atoms with E-state index in [0.717, 1.165) is 43.7 Å². The van der Waals surface area contributed by atoms with Crippen LogP contribution in [0.5, 0.6) is 0 Å². The monoisotopic (exact) mass is 276 g/mol. The zero-order valence-electron chi connectivity index (χ0n) is 12.1. The first-order valence-electron chi connectivity index (χ1n) is 7.65. The topological polar surface area (TPSA) is 84.1 Å². The van der Waals surface area contributed by atoms with Gasteiger partial charge in [-0.2, -0.15) is 0 Å². The summed E-state index contributed by atoms with van der Waals surface area (Å²) in [6, 6.07) is 1.75. The van der Waals surface area contributed by atoms with Gasteiger partial charge >= 0.3 is 0 Å². The van der Waals surface area contributed by atoms with Crippen LogP contribution in [-0.2, 0) is 0 Å². The van der Waals surface area contributed by atoms with Gasteiger partial charge in [0, 0.05) is 18.5 Å². The Bertz CT molecular complexity index is 489.